The summed E-state index contributed by atoms with van der Waals surface area (Å²) in [6, 6.07) is 16.1. The van der Waals surface area contributed by atoms with Crippen molar-refractivity contribution in [3.05, 3.63) is 65.7 Å². The van der Waals surface area contributed by atoms with E-state index in [1.807, 2.05) is 37.3 Å². The third kappa shape index (κ3) is 6.33. The SMILES string of the molecule is Cc1ccc(S(=O)(=O)NCCN(CCc2ccccc2)S(=O)O)cc1. The fourth-order valence-corrected chi connectivity index (χ4v) is 3.79. The molecule has 0 aromatic heterocycles. The molecular formula is C17H22N2O4S2. The maximum atomic E-state index is 12.2. The van der Waals surface area contributed by atoms with Crippen LogP contribution in [0.5, 0.6) is 0 Å². The van der Waals surface area contributed by atoms with Gasteiger partial charge in [0.05, 0.1) is 4.90 Å². The second kappa shape index (κ2) is 9.21. The molecule has 0 bridgehead atoms. The van der Waals surface area contributed by atoms with Crippen LogP contribution in [0.25, 0.3) is 0 Å². The molecule has 8 heteroatoms. The number of hydrogen-bond donors (Lipinski definition) is 2. The number of benzene rings is 2. The third-order valence-corrected chi connectivity index (χ3v) is 5.98. The summed E-state index contributed by atoms with van der Waals surface area (Å²) >= 11 is -2.15. The van der Waals surface area contributed by atoms with Crippen molar-refractivity contribution in [2.45, 2.75) is 18.2 Å². The molecule has 0 aliphatic rings. The Kier molecular flexibility index (Phi) is 7.27. The van der Waals surface area contributed by atoms with Gasteiger partial charge in [0.25, 0.3) is 0 Å². The molecule has 6 nitrogen and oxygen atoms in total. The Morgan fingerprint density at radius 1 is 1.04 bits per heavy atom. The summed E-state index contributed by atoms with van der Waals surface area (Å²) in [6.07, 6.45) is 0.609. The van der Waals surface area contributed by atoms with Gasteiger partial charge in [-0.05, 0) is 31.0 Å². The van der Waals surface area contributed by atoms with Gasteiger partial charge in [-0.25, -0.2) is 17.3 Å². The lowest BCUT2D eigenvalue weighted by molar-refractivity contribution is 0.401. The molecule has 0 fully saturated rings. The van der Waals surface area contributed by atoms with E-state index in [1.165, 1.54) is 16.4 Å². The first kappa shape index (κ1) is 19.7. The number of sulfonamides is 1. The first-order valence-electron chi connectivity index (χ1n) is 7.85. The van der Waals surface area contributed by atoms with Gasteiger partial charge in [-0.2, -0.15) is 4.31 Å². The van der Waals surface area contributed by atoms with Crippen LogP contribution in [0.15, 0.2) is 59.5 Å². The van der Waals surface area contributed by atoms with Crippen molar-refractivity contribution in [2.24, 2.45) is 0 Å². The first-order chi connectivity index (χ1) is 11.9. The lowest BCUT2D eigenvalue weighted by Gasteiger charge is -2.18. The molecule has 2 aromatic carbocycles. The van der Waals surface area contributed by atoms with Crippen molar-refractivity contribution >= 4 is 21.3 Å². The Labute approximate surface area is 151 Å². The minimum atomic E-state index is -3.62. The molecule has 136 valence electrons. The zero-order valence-corrected chi connectivity index (χ0v) is 15.6. The molecule has 0 radical (unpaired) electrons. The number of nitrogens with one attached hydrogen (secondary N) is 1. The lowest BCUT2D eigenvalue weighted by Crippen LogP contribution is -2.36. The average molecular weight is 383 g/mol. The monoisotopic (exact) mass is 382 g/mol. The van der Waals surface area contributed by atoms with Crippen molar-refractivity contribution < 1.29 is 17.2 Å². The molecule has 2 aromatic rings. The molecule has 0 saturated heterocycles. The minimum absolute atomic E-state index is 0.0529. The summed E-state index contributed by atoms with van der Waals surface area (Å²) in [5.41, 5.74) is 2.03. The fourth-order valence-electron chi connectivity index (χ4n) is 2.27. The van der Waals surface area contributed by atoms with Crippen molar-refractivity contribution in [2.75, 3.05) is 19.6 Å². The van der Waals surface area contributed by atoms with Crippen LogP contribution in [0.4, 0.5) is 0 Å². The van der Waals surface area contributed by atoms with E-state index in [9.17, 15) is 17.2 Å². The highest BCUT2D eigenvalue weighted by Crippen LogP contribution is 2.09. The molecule has 1 unspecified atom stereocenters. The predicted molar refractivity (Wildman–Crippen MR) is 98.9 cm³/mol. The van der Waals surface area contributed by atoms with Gasteiger partial charge in [-0.3, -0.25) is 4.55 Å². The van der Waals surface area contributed by atoms with Gasteiger partial charge in [0.1, 0.15) is 0 Å². The van der Waals surface area contributed by atoms with Gasteiger partial charge in [-0.15, -0.1) is 0 Å². The van der Waals surface area contributed by atoms with E-state index in [2.05, 4.69) is 4.72 Å². The maximum Gasteiger partial charge on any atom is 0.240 e. The van der Waals surface area contributed by atoms with E-state index in [4.69, 9.17) is 0 Å². The normalized spacial score (nSPS) is 13.1. The highest BCUT2D eigenvalue weighted by molar-refractivity contribution is 7.89. The van der Waals surface area contributed by atoms with Crippen LogP contribution >= 0.6 is 0 Å². The van der Waals surface area contributed by atoms with Crippen LogP contribution in [0, 0.1) is 6.92 Å². The molecule has 0 heterocycles. The van der Waals surface area contributed by atoms with Crippen LogP contribution in [-0.4, -0.2) is 41.1 Å². The van der Waals surface area contributed by atoms with Crippen LogP contribution in [0.1, 0.15) is 11.1 Å². The van der Waals surface area contributed by atoms with E-state index in [-0.39, 0.29) is 18.0 Å². The van der Waals surface area contributed by atoms with E-state index in [1.54, 1.807) is 12.1 Å². The fraction of sp³-hybridized carbons (Fsp3) is 0.294. The molecule has 0 aliphatic heterocycles. The molecule has 0 amide bonds. The Hall–Kier alpha value is -1.58. The zero-order valence-electron chi connectivity index (χ0n) is 14.0. The Bertz CT molecular complexity index is 793. The smallest absolute Gasteiger partial charge is 0.240 e. The summed E-state index contributed by atoms with van der Waals surface area (Å²) in [4.78, 5) is 0.180. The molecule has 0 spiro atoms. The third-order valence-electron chi connectivity index (χ3n) is 3.70. The van der Waals surface area contributed by atoms with E-state index in [0.29, 0.717) is 13.0 Å². The number of aryl methyl sites for hydroxylation is 1. The topological polar surface area (TPSA) is 86.7 Å². The van der Waals surface area contributed by atoms with Gasteiger partial charge in [0, 0.05) is 19.6 Å². The van der Waals surface area contributed by atoms with E-state index < -0.39 is 21.3 Å². The zero-order chi connectivity index (χ0) is 18.3. The number of nitrogens with zero attached hydrogens (tertiary/aromatic N) is 1. The van der Waals surface area contributed by atoms with Gasteiger partial charge < -0.3 is 0 Å². The Morgan fingerprint density at radius 2 is 1.68 bits per heavy atom. The standard InChI is InChI=1S/C17H22N2O4S2/c1-15-7-9-17(10-8-15)25(22,23)18-12-14-19(24(20)21)13-11-16-5-3-2-4-6-16/h2-10,18H,11-14H2,1H3,(H,20,21). The lowest BCUT2D eigenvalue weighted by atomic mass is 10.1. The van der Waals surface area contributed by atoms with Gasteiger partial charge in [-0.1, -0.05) is 48.0 Å². The largest absolute Gasteiger partial charge is 0.294 e. The summed E-state index contributed by atoms with van der Waals surface area (Å²) in [7, 11) is -3.62. The minimum Gasteiger partial charge on any atom is -0.294 e. The summed E-state index contributed by atoms with van der Waals surface area (Å²) < 4.78 is 49.0. The average Bonchev–Trinajstić information content (AvgIpc) is 2.59. The summed E-state index contributed by atoms with van der Waals surface area (Å²) in [6.45, 7) is 2.43. The van der Waals surface area contributed by atoms with Crippen molar-refractivity contribution in [1.29, 1.82) is 0 Å². The molecule has 1 atom stereocenters. The van der Waals surface area contributed by atoms with Gasteiger partial charge >= 0.3 is 0 Å². The first-order valence-corrected chi connectivity index (χ1v) is 10.4. The van der Waals surface area contributed by atoms with E-state index in [0.717, 1.165) is 11.1 Å². The van der Waals surface area contributed by atoms with Crippen molar-refractivity contribution in [1.82, 2.24) is 9.03 Å². The second-order valence-corrected chi connectivity index (χ2v) is 8.35. The number of hydrogen-bond acceptors (Lipinski definition) is 3. The Balaban J connectivity index is 1.88. The molecular weight excluding hydrogens is 360 g/mol. The van der Waals surface area contributed by atoms with Gasteiger partial charge in [0.15, 0.2) is 0 Å². The quantitative estimate of drug-likeness (QED) is 0.649. The predicted octanol–water partition coefficient (Wildman–Crippen LogP) is 1.95. The second-order valence-electron chi connectivity index (χ2n) is 5.61. The molecule has 2 rings (SSSR count). The van der Waals surface area contributed by atoms with Crippen LogP contribution < -0.4 is 4.72 Å². The van der Waals surface area contributed by atoms with Crippen LogP contribution in [-0.2, 0) is 27.7 Å². The molecule has 0 saturated carbocycles. The van der Waals surface area contributed by atoms with Crippen molar-refractivity contribution in [3.8, 4) is 0 Å². The molecule has 25 heavy (non-hydrogen) atoms. The molecule has 0 aliphatic carbocycles. The summed E-state index contributed by atoms with van der Waals surface area (Å²) in [5, 5.41) is 0. The van der Waals surface area contributed by atoms with E-state index >= 15 is 0 Å². The molecule has 2 N–H and O–H groups in total. The number of rotatable bonds is 9. The highest BCUT2D eigenvalue weighted by atomic mass is 32.2. The van der Waals surface area contributed by atoms with Gasteiger partial charge in [0.2, 0.25) is 21.3 Å². The van der Waals surface area contributed by atoms with Crippen LogP contribution in [0.2, 0.25) is 0 Å². The van der Waals surface area contributed by atoms with Crippen LogP contribution in [0.3, 0.4) is 0 Å². The summed E-state index contributed by atoms with van der Waals surface area (Å²) in [5.74, 6) is 0. The van der Waals surface area contributed by atoms with Crippen molar-refractivity contribution in [3.63, 3.8) is 0 Å². The maximum absolute atomic E-state index is 12.2. The highest BCUT2D eigenvalue weighted by Gasteiger charge is 2.16. The Morgan fingerprint density at radius 3 is 2.28 bits per heavy atom.